The lowest BCUT2D eigenvalue weighted by Gasteiger charge is -2.24. The molecule has 1 atom stereocenters. The van der Waals surface area contributed by atoms with Gasteiger partial charge in [-0.2, -0.15) is 0 Å². The van der Waals surface area contributed by atoms with E-state index in [0.717, 1.165) is 12.8 Å². The second kappa shape index (κ2) is 5.80. The Morgan fingerprint density at radius 1 is 1.31 bits per heavy atom. The number of aryl methyl sites for hydroxylation is 1. The maximum Gasteiger partial charge on any atom is 0.164 e. The number of ketones is 1. The first kappa shape index (κ1) is 12.9. The zero-order valence-corrected chi connectivity index (χ0v) is 10.3. The normalized spacial score (nSPS) is 14.4. The van der Waals surface area contributed by atoms with Gasteiger partial charge in [0, 0.05) is 13.5 Å². The zero-order chi connectivity index (χ0) is 12.0. The molecule has 0 amide bonds. The Labute approximate surface area is 97.6 Å². The van der Waals surface area contributed by atoms with Crippen molar-refractivity contribution >= 4 is 5.78 Å². The van der Waals surface area contributed by atoms with Gasteiger partial charge in [-0.3, -0.25) is 4.79 Å². The summed E-state index contributed by atoms with van der Waals surface area (Å²) in [6.07, 6.45) is 2.05. The Hall–Kier alpha value is -1.15. The van der Waals surface area contributed by atoms with Gasteiger partial charge in [-0.15, -0.1) is 0 Å². The highest BCUT2D eigenvalue weighted by Gasteiger charge is 2.29. The van der Waals surface area contributed by atoms with Crippen LogP contribution in [0.5, 0.6) is 0 Å². The molecular weight excluding hydrogens is 200 g/mol. The first-order chi connectivity index (χ1) is 7.62. The largest absolute Gasteiger partial charge is 0.371 e. The average molecular weight is 220 g/mol. The maximum atomic E-state index is 12.0. The number of ether oxygens (including phenoxy) is 1. The van der Waals surface area contributed by atoms with Crippen LogP contribution in [0.2, 0.25) is 0 Å². The van der Waals surface area contributed by atoms with E-state index in [9.17, 15) is 4.79 Å². The standard InChI is InChI=1S/C14H20O2/c1-4-14(2,16-3)13(15)11-10-12-8-6-5-7-9-12/h5-9H,4,10-11H2,1-3H3. The molecule has 0 aliphatic carbocycles. The minimum atomic E-state index is -0.616. The molecule has 0 aromatic heterocycles. The lowest BCUT2D eigenvalue weighted by atomic mass is 9.93. The predicted octanol–water partition coefficient (Wildman–Crippen LogP) is 3.00. The Kier molecular flexibility index (Phi) is 4.69. The molecule has 2 nitrogen and oxygen atoms in total. The van der Waals surface area contributed by atoms with Crippen molar-refractivity contribution in [3.63, 3.8) is 0 Å². The summed E-state index contributed by atoms with van der Waals surface area (Å²) < 4.78 is 5.29. The molecule has 0 heterocycles. The first-order valence-electron chi connectivity index (χ1n) is 5.74. The zero-order valence-electron chi connectivity index (χ0n) is 10.3. The molecule has 0 spiro atoms. The molecule has 0 saturated carbocycles. The van der Waals surface area contributed by atoms with Crippen LogP contribution in [0.25, 0.3) is 0 Å². The molecule has 1 aromatic rings. The van der Waals surface area contributed by atoms with Crippen molar-refractivity contribution < 1.29 is 9.53 Å². The van der Waals surface area contributed by atoms with Crippen molar-refractivity contribution in [2.24, 2.45) is 0 Å². The Bertz CT molecular complexity index is 326. The van der Waals surface area contributed by atoms with Crippen LogP contribution in [-0.2, 0) is 16.0 Å². The number of rotatable bonds is 6. The molecule has 0 aliphatic heterocycles. The van der Waals surface area contributed by atoms with Crippen LogP contribution in [0.15, 0.2) is 30.3 Å². The summed E-state index contributed by atoms with van der Waals surface area (Å²) in [4.78, 5) is 12.0. The second-order valence-corrected chi connectivity index (χ2v) is 4.20. The molecule has 0 N–H and O–H groups in total. The van der Waals surface area contributed by atoms with Crippen molar-refractivity contribution in [2.75, 3.05) is 7.11 Å². The molecule has 16 heavy (non-hydrogen) atoms. The van der Waals surface area contributed by atoms with Gasteiger partial charge in [0.1, 0.15) is 5.60 Å². The molecular formula is C14H20O2. The van der Waals surface area contributed by atoms with Crippen LogP contribution in [-0.4, -0.2) is 18.5 Å². The molecule has 2 heteroatoms. The van der Waals surface area contributed by atoms with Gasteiger partial charge in [0.25, 0.3) is 0 Å². The number of hydrogen-bond donors (Lipinski definition) is 0. The maximum absolute atomic E-state index is 12.0. The Morgan fingerprint density at radius 3 is 2.44 bits per heavy atom. The van der Waals surface area contributed by atoms with Crippen LogP contribution in [0.3, 0.4) is 0 Å². The highest BCUT2D eigenvalue weighted by atomic mass is 16.5. The van der Waals surface area contributed by atoms with Crippen molar-refractivity contribution in [3.8, 4) is 0 Å². The first-order valence-corrected chi connectivity index (χ1v) is 5.74. The van der Waals surface area contributed by atoms with Gasteiger partial charge in [0.2, 0.25) is 0 Å². The van der Waals surface area contributed by atoms with Gasteiger partial charge in [0.15, 0.2) is 5.78 Å². The SMILES string of the molecule is CCC(C)(OC)C(=O)CCc1ccccc1. The van der Waals surface area contributed by atoms with Gasteiger partial charge in [-0.25, -0.2) is 0 Å². The molecule has 1 aromatic carbocycles. The third-order valence-electron chi connectivity index (χ3n) is 3.20. The molecule has 0 radical (unpaired) electrons. The van der Waals surface area contributed by atoms with Gasteiger partial charge in [-0.1, -0.05) is 37.3 Å². The number of Topliss-reactive ketones (excluding diaryl/α,β-unsaturated/α-hetero) is 1. The molecule has 0 aliphatic rings. The van der Waals surface area contributed by atoms with E-state index in [1.54, 1.807) is 7.11 Å². The number of hydrogen-bond acceptors (Lipinski definition) is 2. The van der Waals surface area contributed by atoms with Crippen LogP contribution in [0, 0.1) is 0 Å². The van der Waals surface area contributed by atoms with Crippen molar-refractivity contribution in [1.29, 1.82) is 0 Å². The number of methoxy groups -OCH3 is 1. The van der Waals surface area contributed by atoms with Crippen molar-refractivity contribution in [1.82, 2.24) is 0 Å². The van der Waals surface area contributed by atoms with Gasteiger partial charge in [0.05, 0.1) is 0 Å². The molecule has 0 fully saturated rings. The fourth-order valence-electron chi connectivity index (χ4n) is 1.62. The Morgan fingerprint density at radius 2 is 1.94 bits per heavy atom. The van der Waals surface area contributed by atoms with E-state index in [0.29, 0.717) is 6.42 Å². The van der Waals surface area contributed by atoms with Crippen molar-refractivity contribution in [2.45, 2.75) is 38.7 Å². The molecule has 0 bridgehead atoms. The van der Waals surface area contributed by atoms with Crippen LogP contribution in [0.4, 0.5) is 0 Å². The van der Waals surface area contributed by atoms with Gasteiger partial charge in [-0.05, 0) is 25.3 Å². The minimum Gasteiger partial charge on any atom is -0.371 e. The highest BCUT2D eigenvalue weighted by Crippen LogP contribution is 2.18. The van der Waals surface area contributed by atoms with Gasteiger partial charge >= 0.3 is 0 Å². The van der Waals surface area contributed by atoms with E-state index >= 15 is 0 Å². The monoisotopic (exact) mass is 220 g/mol. The molecule has 1 rings (SSSR count). The van der Waals surface area contributed by atoms with Gasteiger partial charge < -0.3 is 4.74 Å². The van der Waals surface area contributed by atoms with E-state index in [1.165, 1.54) is 5.56 Å². The number of carbonyl (C=O) groups is 1. The quantitative estimate of drug-likeness (QED) is 0.736. The fraction of sp³-hybridized carbons (Fsp3) is 0.500. The topological polar surface area (TPSA) is 26.3 Å². The summed E-state index contributed by atoms with van der Waals surface area (Å²) in [5, 5.41) is 0. The van der Waals surface area contributed by atoms with E-state index in [1.807, 2.05) is 44.2 Å². The highest BCUT2D eigenvalue weighted by molar-refractivity contribution is 5.87. The minimum absolute atomic E-state index is 0.182. The summed E-state index contributed by atoms with van der Waals surface area (Å²) in [5.74, 6) is 0.182. The molecule has 1 unspecified atom stereocenters. The summed E-state index contributed by atoms with van der Waals surface area (Å²) in [5.41, 5.74) is 0.583. The van der Waals surface area contributed by atoms with Crippen LogP contribution < -0.4 is 0 Å². The third kappa shape index (κ3) is 3.17. The van der Waals surface area contributed by atoms with E-state index < -0.39 is 5.60 Å². The lowest BCUT2D eigenvalue weighted by Crippen LogP contribution is -2.36. The smallest absolute Gasteiger partial charge is 0.164 e. The lowest BCUT2D eigenvalue weighted by molar-refractivity contribution is -0.139. The van der Waals surface area contributed by atoms with Crippen LogP contribution in [0.1, 0.15) is 32.3 Å². The third-order valence-corrected chi connectivity index (χ3v) is 3.20. The van der Waals surface area contributed by atoms with E-state index in [-0.39, 0.29) is 5.78 Å². The van der Waals surface area contributed by atoms with Crippen molar-refractivity contribution in [3.05, 3.63) is 35.9 Å². The van der Waals surface area contributed by atoms with Crippen LogP contribution >= 0.6 is 0 Å². The summed E-state index contributed by atoms with van der Waals surface area (Å²) in [6, 6.07) is 10.1. The molecule has 0 saturated heterocycles. The van der Waals surface area contributed by atoms with E-state index in [2.05, 4.69) is 0 Å². The predicted molar refractivity (Wildman–Crippen MR) is 65.5 cm³/mol. The second-order valence-electron chi connectivity index (χ2n) is 4.20. The Balaban J connectivity index is 2.53. The number of carbonyl (C=O) groups excluding carboxylic acids is 1. The summed E-state index contributed by atoms with van der Waals surface area (Å²) in [6.45, 7) is 3.84. The number of benzene rings is 1. The molecule has 88 valence electrons. The fourth-order valence-corrected chi connectivity index (χ4v) is 1.62. The summed E-state index contributed by atoms with van der Waals surface area (Å²) in [7, 11) is 1.60. The summed E-state index contributed by atoms with van der Waals surface area (Å²) >= 11 is 0. The average Bonchev–Trinajstić information content (AvgIpc) is 2.36. The van der Waals surface area contributed by atoms with E-state index in [4.69, 9.17) is 4.74 Å².